The number of hydrogen-bond acceptors (Lipinski definition) is 6. The monoisotopic (exact) mass is 609 g/mol. The van der Waals surface area contributed by atoms with Gasteiger partial charge in [0, 0.05) is 17.5 Å². The molecule has 0 aliphatic carbocycles. The topological polar surface area (TPSA) is 119 Å². The quantitative estimate of drug-likeness (QED) is 0.279. The summed E-state index contributed by atoms with van der Waals surface area (Å²) in [5.41, 5.74) is 7.11. The van der Waals surface area contributed by atoms with E-state index in [1.807, 2.05) is 12.1 Å². The van der Waals surface area contributed by atoms with Gasteiger partial charge in [0.2, 0.25) is 11.8 Å². The first-order valence-corrected chi connectivity index (χ1v) is 12.8. The zero-order chi connectivity index (χ0) is 28.2. The van der Waals surface area contributed by atoms with Crippen LogP contribution in [0.25, 0.3) is 21.9 Å². The molecule has 0 unspecified atom stereocenters. The molecule has 0 spiro atoms. The summed E-state index contributed by atoms with van der Waals surface area (Å²) in [4.78, 5) is 41.2. The molecule has 2 aromatic carbocycles. The first-order chi connectivity index (χ1) is 19.1. The van der Waals surface area contributed by atoms with E-state index in [0.29, 0.717) is 21.6 Å². The number of hydrogen-bond donors (Lipinski definition) is 2. The van der Waals surface area contributed by atoms with Gasteiger partial charge >= 0.3 is 6.18 Å². The largest absolute Gasteiger partial charge is 0.416 e. The fraction of sp³-hybridized carbons (Fsp3) is 0.148. The van der Waals surface area contributed by atoms with Crippen LogP contribution in [0.4, 0.5) is 30.5 Å². The second kappa shape index (κ2) is 9.59. The smallest absolute Gasteiger partial charge is 0.383 e. The average Bonchev–Trinajstić information content (AvgIpc) is 3.45. The lowest BCUT2D eigenvalue weighted by Crippen LogP contribution is -2.46. The van der Waals surface area contributed by atoms with Crippen LogP contribution in [0.15, 0.2) is 71.6 Å². The van der Waals surface area contributed by atoms with Crippen LogP contribution in [0.1, 0.15) is 11.1 Å². The number of aromatic nitrogens is 4. The molecule has 202 valence electrons. The number of para-hydroxylation sites is 1. The number of anilines is 3. The minimum Gasteiger partial charge on any atom is -0.383 e. The summed E-state index contributed by atoms with van der Waals surface area (Å²) in [6, 6.07) is 14.6. The normalized spacial score (nSPS) is 15.0. The molecule has 6 rings (SSSR count). The van der Waals surface area contributed by atoms with Crippen molar-refractivity contribution in [1.82, 2.24) is 19.5 Å². The van der Waals surface area contributed by atoms with Crippen molar-refractivity contribution in [3.8, 4) is 0 Å². The Labute approximate surface area is 233 Å². The van der Waals surface area contributed by atoms with E-state index in [0.717, 1.165) is 17.7 Å². The van der Waals surface area contributed by atoms with Crippen LogP contribution in [-0.4, -0.2) is 37.4 Å². The molecule has 3 aromatic heterocycles. The third kappa shape index (κ3) is 4.41. The molecule has 0 bridgehead atoms. The van der Waals surface area contributed by atoms with Gasteiger partial charge in [0.1, 0.15) is 40.8 Å². The number of nitrogens with one attached hydrogen (secondary N) is 1. The number of rotatable bonds is 4. The molecule has 13 heteroatoms. The van der Waals surface area contributed by atoms with Gasteiger partial charge in [0.05, 0.1) is 16.5 Å². The molecule has 4 heterocycles. The van der Waals surface area contributed by atoms with E-state index >= 15 is 0 Å². The molecule has 0 saturated heterocycles. The predicted molar refractivity (Wildman–Crippen MR) is 146 cm³/mol. The van der Waals surface area contributed by atoms with E-state index in [9.17, 15) is 22.8 Å². The van der Waals surface area contributed by atoms with E-state index in [-0.39, 0.29) is 35.2 Å². The van der Waals surface area contributed by atoms with Gasteiger partial charge in [-0.05, 0) is 57.9 Å². The van der Waals surface area contributed by atoms with Gasteiger partial charge in [0.15, 0.2) is 0 Å². The number of nitrogens with two attached hydrogens (primary N) is 1. The molecular formula is C27H19BrF3N7O2. The molecule has 0 fully saturated rings. The summed E-state index contributed by atoms with van der Waals surface area (Å²) in [6.07, 6.45) is -3.11. The van der Waals surface area contributed by atoms with Crippen LogP contribution in [-0.2, 0) is 28.7 Å². The third-order valence-corrected chi connectivity index (χ3v) is 7.25. The van der Waals surface area contributed by atoms with Crippen molar-refractivity contribution in [2.75, 3.05) is 16.0 Å². The summed E-state index contributed by atoms with van der Waals surface area (Å²) in [5, 5.41) is 3.16. The number of carbonyl (C=O) groups excluding carboxylic acids is 2. The number of nitrogen functional groups attached to an aromatic ring is 1. The van der Waals surface area contributed by atoms with Gasteiger partial charge in [0.25, 0.3) is 0 Å². The van der Waals surface area contributed by atoms with Crippen LogP contribution in [0.2, 0.25) is 0 Å². The molecule has 9 nitrogen and oxygen atoms in total. The summed E-state index contributed by atoms with van der Waals surface area (Å²) in [6.45, 7) is -0.310. The Kier molecular flexibility index (Phi) is 6.17. The lowest BCUT2D eigenvalue weighted by Gasteiger charge is -2.25. The maximum atomic E-state index is 13.9. The number of benzene rings is 2. The van der Waals surface area contributed by atoms with Crippen LogP contribution in [0, 0.1) is 0 Å². The number of fused-ring (bicyclic) bond motifs is 4. The second-order valence-corrected chi connectivity index (χ2v) is 10.0. The van der Waals surface area contributed by atoms with Crippen molar-refractivity contribution in [3.63, 3.8) is 0 Å². The minimum absolute atomic E-state index is 0.00850. The van der Waals surface area contributed by atoms with Crippen LogP contribution < -0.4 is 16.0 Å². The highest BCUT2D eigenvalue weighted by Gasteiger charge is 2.39. The number of halogens is 4. The number of alkyl halides is 3. The third-order valence-electron chi connectivity index (χ3n) is 6.80. The lowest BCUT2D eigenvalue weighted by atomic mass is 10.1. The number of pyridine rings is 1. The Morgan fingerprint density at radius 2 is 1.88 bits per heavy atom. The number of nitrogens with zero attached hydrogens (tertiary/aromatic N) is 5. The van der Waals surface area contributed by atoms with E-state index in [1.165, 1.54) is 21.9 Å². The Balaban J connectivity index is 1.41. The van der Waals surface area contributed by atoms with Crippen molar-refractivity contribution in [3.05, 3.63) is 82.7 Å². The zero-order valence-electron chi connectivity index (χ0n) is 20.5. The summed E-state index contributed by atoms with van der Waals surface area (Å²) >= 11 is 3.28. The first-order valence-electron chi connectivity index (χ1n) is 12.0. The highest BCUT2D eigenvalue weighted by Crippen LogP contribution is 2.38. The molecule has 1 aliphatic rings. The molecule has 5 aromatic rings. The van der Waals surface area contributed by atoms with Crippen LogP contribution in [0.5, 0.6) is 0 Å². The molecular weight excluding hydrogens is 591 g/mol. The van der Waals surface area contributed by atoms with Crippen molar-refractivity contribution in [2.45, 2.75) is 25.2 Å². The van der Waals surface area contributed by atoms with Crippen molar-refractivity contribution in [2.24, 2.45) is 0 Å². The number of carbonyl (C=O) groups is 2. The standard InChI is InChI=1S/C27H19BrF3N7O2/c28-20-6-3-7-21(35-20)36-26(40)19-10-14-4-1-2-5-17(14)38(19)22(39)12-37-18-9-8-15(27(29,30)31)11-16(18)23-24(32)33-13-34-25(23)37/h1-9,11,13,19H,10,12H2,(H2,32,33,34)(H,35,36,40)/t19-/m0/s1. The summed E-state index contributed by atoms with van der Waals surface area (Å²) in [7, 11) is 0. The van der Waals surface area contributed by atoms with Gasteiger partial charge in [-0.15, -0.1) is 0 Å². The number of amides is 2. The molecule has 1 aliphatic heterocycles. The molecule has 1 atom stereocenters. The van der Waals surface area contributed by atoms with Crippen molar-refractivity contribution < 1.29 is 22.8 Å². The highest BCUT2D eigenvalue weighted by atomic mass is 79.9. The Morgan fingerprint density at radius 1 is 1.07 bits per heavy atom. The molecule has 0 saturated carbocycles. The Bertz CT molecular complexity index is 1820. The molecule has 40 heavy (non-hydrogen) atoms. The van der Waals surface area contributed by atoms with E-state index in [4.69, 9.17) is 5.73 Å². The first kappa shape index (κ1) is 25.7. The van der Waals surface area contributed by atoms with Crippen LogP contribution in [0.3, 0.4) is 0 Å². The molecule has 2 amide bonds. The van der Waals surface area contributed by atoms with Crippen LogP contribution >= 0.6 is 15.9 Å². The molecule has 0 radical (unpaired) electrons. The van der Waals surface area contributed by atoms with E-state index < -0.39 is 29.6 Å². The van der Waals surface area contributed by atoms with Crippen molar-refractivity contribution >= 4 is 67.0 Å². The van der Waals surface area contributed by atoms with E-state index in [1.54, 1.807) is 30.3 Å². The van der Waals surface area contributed by atoms with Gasteiger partial charge < -0.3 is 15.6 Å². The zero-order valence-corrected chi connectivity index (χ0v) is 22.1. The maximum Gasteiger partial charge on any atom is 0.416 e. The minimum atomic E-state index is -4.58. The molecule has 3 N–H and O–H groups in total. The Hall–Kier alpha value is -4.52. The summed E-state index contributed by atoms with van der Waals surface area (Å²) in [5.74, 6) is -0.578. The van der Waals surface area contributed by atoms with Gasteiger partial charge in [-0.2, -0.15) is 13.2 Å². The fourth-order valence-corrected chi connectivity index (χ4v) is 5.42. The fourth-order valence-electron chi connectivity index (χ4n) is 5.08. The summed E-state index contributed by atoms with van der Waals surface area (Å²) < 4.78 is 42.5. The van der Waals surface area contributed by atoms with Gasteiger partial charge in [-0.1, -0.05) is 24.3 Å². The van der Waals surface area contributed by atoms with Gasteiger partial charge in [-0.3, -0.25) is 14.5 Å². The highest BCUT2D eigenvalue weighted by molar-refractivity contribution is 9.10. The second-order valence-electron chi connectivity index (χ2n) is 9.22. The van der Waals surface area contributed by atoms with Gasteiger partial charge in [-0.25, -0.2) is 15.0 Å². The predicted octanol–water partition coefficient (Wildman–Crippen LogP) is 4.94. The Morgan fingerprint density at radius 3 is 2.65 bits per heavy atom. The van der Waals surface area contributed by atoms with E-state index in [2.05, 4.69) is 36.2 Å². The van der Waals surface area contributed by atoms with Crippen molar-refractivity contribution in [1.29, 1.82) is 0 Å². The lowest BCUT2D eigenvalue weighted by molar-refractivity contribution is -0.137. The maximum absolute atomic E-state index is 13.9. The SMILES string of the molecule is Nc1ncnc2c1c1cc(C(F)(F)F)ccc1n2CC(=O)N1c2ccccc2C[C@H]1C(=O)Nc1cccc(Br)n1. The average molecular weight is 610 g/mol.